The predicted octanol–water partition coefficient (Wildman–Crippen LogP) is 0.443. The summed E-state index contributed by atoms with van der Waals surface area (Å²) in [5.41, 5.74) is 1.51. The second-order valence-electron chi connectivity index (χ2n) is 11.3. The average molecular weight is 539 g/mol. The van der Waals surface area contributed by atoms with Crippen LogP contribution in [0.2, 0.25) is 0 Å². The van der Waals surface area contributed by atoms with Gasteiger partial charge < -0.3 is 34.1 Å². The molecule has 0 aromatic rings. The quantitative estimate of drug-likeness (QED) is 0.186. The van der Waals surface area contributed by atoms with Crippen molar-refractivity contribution >= 4 is 40.2 Å². The number of hydrogen-bond acceptors (Lipinski definition) is 6. The van der Waals surface area contributed by atoms with E-state index in [0.717, 1.165) is 56.7 Å². The third-order valence-corrected chi connectivity index (χ3v) is 11.1. The molecule has 4 atom stereocenters. The Morgan fingerprint density at radius 3 is 2.39 bits per heavy atom. The first kappa shape index (κ1) is 26.1. The van der Waals surface area contributed by atoms with Gasteiger partial charge in [-0.15, -0.1) is 0 Å². The van der Waals surface area contributed by atoms with Gasteiger partial charge in [0.15, 0.2) is 0 Å². The Kier molecular flexibility index (Phi) is 7.01. The lowest BCUT2D eigenvalue weighted by molar-refractivity contribution is -1.08. The van der Waals surface area contributed by atoms with Gasteiger partial charge in [-0.05, 0) is 18.9 Å². The van der Waals surface area contributed by atoms with E-state index in [1.165, 1.54) is 46.4 Å². The number of carbonyl (C=O) groups excluding carboxylic acids is 1. The maximum atomic E-state index is 12.6. The molecule has 9 nitrogen and oxygen atoms in total. The number of aliphatic hydroxyl groups excluding tert-OH is 2. The van der Waals surface area contributed by atoms with Gasteiger partial charge in [-0.2, -0.15) is 0 Å². The zero-order valence-corrected chi connectivity index (χ0v) is 22.8. The SMILES string of the molecule is C[C@@H](O)[C@H]1C(=O)N2C(C(=O)O)=C(SC(=S)N3CC=C(C[N+]45CC[N+](CCO)(CC4)CC5)CC3)[C@H](C)[C@H]12. The van der Waals surface area contributed by atoms with Crippen LogP contribution in [-0.4, -0.2) is 134 Å². The van der Waals surface area contributed by atoms with Gasteiger partial charge in [0, 0.05) is 23.9 Å². The predicted molar refractivity (Wildman–Crippen MR) is 141 cm³/mol. The zero-order valence-electron chi connectivity index (χ0n) is 21.1. The molecule has 0 aromatic heterocycles. The van der Waals surface area contributed by atoms with Crippen LogP contribution in [0.15, 0.2) is 22.3 Å². The zero-order chi connectivity index (χ0) is 25.8. The van der Waals surface area contributed by atoms with Gasteiger partial charge in [0.25, 0.3) is 0 Å². The van der Waals surface area contributed by atoms with E-state index >= 15 is 0 Å². The van der Waals surface area contributed by atoms with Crippen LogP contribution in [0.25, 0.3) is 0 Å². The summed E-state index contributed by atoms with van der Waals surface area (Å²) in [5.74, 6) is -2.18. The van der Waals surface area contributed by atoms with E-state index in [2.05, 4.69) is 11.0 Å². The van der Waals surface area contributed by atoms with Gasteiger partial charge in [0.05, 0.1) is 24.7 Å². The van der Waals surface area contributed by atoms with Crippen molar-refractivity contribution in [3.63, 3.8) is 0 Å². The van der Waals surface area contributed by atoms with Crippen LogP contribution >= 0.6 is 24.0 Å². The maximum Gasteiger partial charge on any atom is 0.353 e. The van der Waals surface area contributed by atoms with Crippen LogP contribution in [0.5, 0.6) is 0 Å². The first-order chi connectivity index (χ1) is 17.1. The molecule has 6 rings (SSSR count). The van der Waals surface area contributed by atoms with E-state index in [-0.39, 0.29) is 30.2 Å². The van der Waals surface area contributed by atoms with E-state index in [9.17, 15) is 24.9 Å². The Morgan fingerprint density at radius 2 is 1.86 bits per heavy atom. The van der Waals surface area contributed by atoms with Crippen LogP contribution in [0.3, 0.4) is 0 Å². The van der Waals surface area contributed by atoms with E-state index in [1.54, 1.807) is 6.92 Å². The molecule has 11 heteroatoms. The molecule has 0 aromatic carbocycles. The molecule has 6 aliphatic rings. The topological polar surface area (TPSA) is 101 Å². The fraction of sp³-hybridized carbons (Fsp3) is 0.720. The molecule has 3 N–H and O–H groups in total. The number of carbonyl (C=O) groups is 2. The highest BCUT2D eigenvalue weighted by Crippen LogP contribution is 2.51. The molecule has 198 valence electrons. The number of carboxylic acid groups (broad SMARTS) is 1. The lowest BCUT2D eigenvalue weighted by Crippen LogP contribution is -2.75. The molecule has 0 aliphatic carbocycles. The van der Waals surface area contributed by atoms with Crippen LogP contribution in [0, 0.1) is 11.8 Å². The molecule has 0 spiro atoms. The Labute approximate surface area is 222 Å². The number of nitrogens with zero attached hydrogens (tertiary/aromatic N) is 4. The van der Waals surface area contributed by atoms with Crippen molar-refractivity contribution in [3.05, 3.63) is 22.3 Å². The minimum Gasteiger partial charge on any atom is -0.477 e. The molecule has 6 aliphatic heterocycles. The monoisotopic (exact) mass is 538 g/mol. The highest BCUT2D eigenvalue weighted by atomic mass is 32.2. The minimum atomic E-state index is -1.12. The molecule has 2 bridgehead atoms. The smallest absolute Gasteiger partial charge is 0.353 e. The van der Waals surface area contributed by atoms with E-state index in [4.69, 9.17) is 12.2 Å². The Bertz CT molecular complexity index is 1000. The second-order valence-corrected chi connectivity index (χ2v) is 13.0. The number of thioether (sulfide) groups is 1. The Balaban J connectivity index is 1.21. The molecule has 0 saturated carbocycles. The molecular formula is C25H38N4O5S2+2. The highest BCUT2D eigenvalue weighted by Gasteiger charge is 2.60. The molecule has 4 fully saturated rings. The summed E-state index contributed by atoms with van der Waals surface area (Å²) >= 11 is 7.05. The fourth-order valence-corrected chi connectivity index (χ4v) is 8.52. The first-order valence-corrected chi connectivity index (χ1v) is 14.3. The van der Waals surface area contributed by atoms with E-state index < -0.39 is 18.0 Å². The first-order valence-electron chi connectivity index (χ1n) is 13.0. The third-order valence-electron chi connectivity index (χ3n) is 9.33. The number of rotatable bonds is 7. The number of piperazine rings is 3. The van der Waals surface area contributed by atoms with Gasteiger partial charge in [-0.25, -0.2) is 4.79 Å². The van der Waals surface area contributed by atoms with Crippen molar-refractivity contribution < 1.29 is 33.9 Å². The number of fused-ring (bicyclic) bond motifs is 4. The van der Waals surface area contributed by atoms with Gasteiger partial charge in [-0.1, -0.05) is 37.0 Å². The van der Waals surface area contributed by atoms with Crippen LogP contribution in [-0.2, 0) is 9.59 Å². The summed E-state index contributed by atoms with van der Waals surface area (Å²) in [6.07, 6.45) is 2.44. The van der Waals surface area contributed by atoms with Gasteiger partial charge in [0.1, 0.15) is 62.4 Å². The summed E-state index contributed by atoms with van der Waals surface area (Å²) in [5, 5.41) is 29.4. The number of hydrogen-bond donors (Lipinski definition) is 3. The second kappa shape index (κ2) is 9.67. The van der Waals surface area contributed by atoms with Crippen molar-refractivity contribution in [2.75, 3.05) is 72.1 Å². The number of carboxylic acids is 1. The van der Waals surface area contributed by atoms with E-state index in [0.29, 0.717) is 9.23 Å². The number of β-lactam (4-membered cyclic amide) rings is 1. The number of amides is 1. The Morgan fingerprint density at radius 1 is 1.22 bits per heavy atom. The largest absolute Gasteiger partial charge is 0.477 e. The number of aliphatic carboxylic acids is 1. The van der Waals surface area contributed by atoms with Crippen LogP contribution in [0.4, 0.5) is 0 Å². The van der Waals surface area contributed by atoms with Gasteiger partial charge in [0.2, 0.25) is 5.91 Å². The van der Waals surface area contributed by atoms with E-state index in [1.807, 2.05) is 6.92 Å². The van der Waals surface area contributed by atoms with Crippen LogP contribution in [0.1, 0.15) is 20.3 Å². The molecule has 36 heavy (non-hydrogen) atoms. The molecule has 0 unspecified atom stereocenters. The molecule has 1 amide bonds. The van der Waals surface area contributed by atoms with Crippen molar-refractivity contribution in [1.82, 2.24) is 9.80 Å². The summed E-state index contributed by atoms with van der Waals surface area (Å²) in [6.45, 7) is 14.3. The number of thiocarbonyl (C=S) groups is 1. The Hall–Kier alpha value is -1.50. The molecule has 4 saturated heterocycles. The minimum absolute atomic E-state index is 0.0247. The number of quaternary nitrogens is 2. The third kappa shape index (κ3) is 4.31. The molecular weight excluding hydrogens is 500 g/mol. The molecule has 6 heterocycles. The van der Waals surface area contributed by atoms with Crippen molar-refractivity contribution in [3.8, 4) is 0 Å². The van der Waals surface area contributed by atoms with Crippen molar-refractivity contribution in [1.29, 1.82) is 0 Å². The summed E-state index contributed by atoms with van der Waals surface area (Å²) in [7, 11) is 0. The standard InChI is InChI=1S/C25H37N4O5S2/c1-16-20-19(17(2)31)23(32)27(20)21(24(33)34)22(16)36-25(35)26-5-3-18(4-6-26)15-29-10-7-28(8-11-29,9-12-29)13-14-30/h3,16-17,19-20,30-31H,4-15H2,1-2H3/q+1/p+1/t16-,17-,19-,20-,28?,29?/m1/s1. The normalized spacial score (nSPS) is 36.5. The fourth-order valence-electron chi connectivity index (χ4n) is 7.00. The molecule has 0 radical (unpaired) electrons. The van der Waals surface area contributed by atoms with Crippen molar-refractivity contribution in [2.45, 2.75) is 32.4 Å². The maximum absolute atomic E-state index is 12.6. The highest BCUT2D eigenvalue weighted by molar-refractivity contribution is 8.25. The van der Waals surface area contributed by atoms with Crippen LogP contribution < -0.4 is 0 Å². The lowest BCUT2D eigenvalue weighted by Gasteiger charge is -2.55. The summed E-state index contributed by atoms with van der Waals surface area (Å²) < 4.78 is 2.89. The lowest BCUT2D eigenvalue weighted by atomic mass is 9.79. The van der Waals surface area contributed by atoms with Crippen molar-refractivity contribution in [2.24, 2.45) is 11.8 Å². The summed E-state index contributed by atoms with van der Waals surface area (Å²) in [4.78, 5) is 28.7. The van der Waals surface area contributed by atoms with Gasteiger partial charge in [-0.3, -0.25) is 4.79 Å². The summed E-state index contributed by atoms with van der Waals surface area (Å²) in [6, 6.07) is -0.320. The number of aliphatic hydroxyl groups is 2. The van der Waals surface area contributed by atoms with Gasteiger partial charge >= 0.3 is 5.97 Å². The average Bonchev–Trinajstić information content (AvgIpc) is 3.09.